The van der Waals surface area contributed by atoms with Gasteiger partial charge >= 0.3 is 0 Å². The number of hydrogen-bond acceptors (Lipinski definition) is 4. The van der Waals surface area contributed by atoms with Crippen LogP contribution in [0.4, 0.5) is 0 Å². The van der Waals surface area contributed by atoms with Crippen LogP contribution in [0.15, 0.2) is 11.3 Å². The summed E-state index contributed by atoms with van der Waals surface area (Å²) < 4.78 is 28.9. The predicted octanol–water partition coefficient (Wildman–Crippen LogP) is -0.0283. The second-order valence-corrected chi connectivity index (χ2v) is 4.40. The van der Waals surface area contributed by atoms with E-state index in [0.29, 0.717) is 0 Å². The molecule has 0 radical (unpaired) electrons. The minimum absolute atomic E-state index is 0.000313. The van der Waals surface area contributed by atoms with Crippen LogP contribution >= 0.6 is 0 Å². The van der Waals surface area contributed by atoms with Crippen LogP contribution in [0.2, 0.25) is 0 Å². The molecule has 1 amide bonds. The monoisotopic (exact) mass is 223 g/mol. The van der Waals surface area contributed by atoms with Gasteiger partial charge in [0.05, 0.1) is 11.3 Å². The van der Waals surface area contributed by atoms with E-state index in [1.165, 1.54) is 6.92 Å². The lowest BCUT2D eigenvalue weighted by molar-refractivity contribution is -0.114. The molecule has 0 saturated heterocycles. The van der Waals surface area contributed by atoms with Crippen molar-refractivity contribution in [1.29, 1.82) is 0 Å². The largest absolute Gasteiger partial charge is 0.512 e. The normalized spacial score (nSPS) is 13.6. The highest BCUT2D eigenvalue weighted by Crippen LogP contribution is 2.08. The third kappa shape index (κ3) is 5.55. The van der Waals surface area contributed by atoms with E-state index in [0.717, 1.165) is 0 Å². The summed E-state index contributed by atoms with van der Waals surface area (Å²) in [5.74, 6) is -1.46. The average Bonchev–Trinajstić information content (AvgIpc) is 2.00. The first-order chi connectivity index (χ1) is 6.24. The van der Waals surface area contributed by atoms with Gasteiger partial charge in [0, 0.05) is 6.42 Å². The summed E-state index contributed by atoms with van der Waals surface area (Å²) in [4.78, 5) is 10.5. The molecule has 0 aliphatic heterocycles. The highest BCUT2D eigenvalue weighted by Gasteiger charge is 2.08. The van der Waals surface area contributed by atoms with E-state index < -0.39 is 21.8 Å². The van der Waals surface area contributed by atoms with E-state index in [4.69, 9.17) is 10.3 Å². The molecule has 0 atom stereocenters. The SMILES string of the molecule is CC(C(N)=O)=C(O)CCCS(=O)(=O)O. The summed E-state index contributed by atoms with van der Waals surface area (Å²) in [5, 5.41) is 9.19. The molecule has 0 unspecified atom stereocenters. The quantitative estimate of drug-likeness (QED) is 0.343. The molecular weight excluding hydrogens is 210 g/mol. The van der Waals surface area contributed by atoms with Gasteiger partial charge < -0.3 is 10.8 Å². The van der Waals surface area contributed by atoms with Gasteiger partial charge in [-0.2, -0.15) is 8.42 Å². The van der Waals surface area contributed by atoms with Gasteiger partial charge in [-0.15, -0.1) is 0 Å². The van der Waals surface area contributed by atoms with Crippen LogP contribution in [0, 0.1) is 0 Å². The minimum atomic E-state index is -4.02. The standard InChI is InChI=1S/C7H13NO5S/c1-5(7(8)10)6(9)3-2-4-14(11,12)13/h9H,2-4H2,1H3,(H2,8,10)(H,11,12,13). The Labute approximate surface area is 82.2 Å². The van der Waals surface area contributed by atoms with Gasteiger partial charge in [-0.3, -0.25) is 9.35 Å². The van der Waals surface area contributed by atoms with Crippen molar-refractivity contribution in [2.75, 3.05) is 5.75 Å². The summed E-state index contributed by atoms with van der Waals surface area (Å²) in [6, 6.07) is 0. The zero-order valence-electron chi connectivity index (χ0n) is 7.73. The molecule has 4 N–H and O–H groups in total. The minimum Gasteiger partial charge on any atom is -0.512 e. The fourth-order valence-electron chi connectivity index (χ4n) is 0.752. The molecule has 0 aromatic carbocycles. The zero-order chi connectivity index (χ0) is 11.4. The molecule has 0 spiro atoms. The first-order valence-electron chi connectivity index (χ1n) is 3.87. The lowest BCUT2D eigenvalue weighted by Crippen LogP contribution is -2.14. The molecule has 0 saturated carbocycles. The van der Waals surface area contributed by atoms with Crippen molar-refractivity contribution in [2.24, 2.45) is 5.73 Å². The molecule has 0 aliphatic rings. The van der Waals surface area contributed by atoms with Crippen LogP contribution in [-0.4, -0.2) is 29.7 Å². The first kappa shape index (κ1) is 12.9. The molecule has 0 rings (SSSR count). The van der Waals surface area contributed by atoms with Gasteiger partial charge in [0.1, 0.15) is 5.76 Å². The Kier molecular flexibility index (Phi) is 4.58. The fraction of sp³-hybridized carbons (Fsp3) is 0.571. The van der Waals surface area contributed by atoms with E-state index in [9.17, 15) is 18.3 Å². The number of carbonyl (C=O) groups excluding carboxylic acids is 1. The maximum absolute atomic E-state index is 10.5. The van der Waals surface area contributed by atoms with Crippen molar-refractivity contribution in [3.05, 3.63) is 11.3 Å². The Morgan fingerprint density at radius 1 is 1.43 bits per heavy atom. The van der Waals surface area contributed by atoms with E-state index in [2.05, 4.69) is 0 Å². The Morgan fingerprint density at radius 3 is 2.29 bits per heavy atom. The molecule has 0 aliphatic carbocycles. The number of hydrogen-bond donors (Lipinski definition) is 3. The third-order valence-electron chi connectivity index (χ3n) is 1.62. The number of primary amides is 1. The summed E-state index contributed by atoms with van der Waals surface area (Å²) in [5.41, 5.74) is 4.87. The molecular formula is C7H13NO5S. The second-order valence-electron chi connectivity index (χ2n) is 2.83. The highest BCUT2D eigenvalue weighted by atomic mass is 32.2. The summed E-state index contributed by atoms with van der Waals surface area (Å²) in [6.45, 7) is 1.34. The zero-order valence-corrected chi connectivity index (χ0v) is 8.54. The van der Waals surface area contributed by atoms with Crippen LogP contribution in [0.1, 0.15) is 19.8 Å². The molecule has 7 heteroatoms. The van der Waals surface area contributed by atoms with E-state index in [-0.39, 0.29) is 24.2 Å². The number of carbonyl (C=O) groups is 1. The molecule has 6 nitrogen and oxygen atoms in total. The van der Waals surface area contributed by atoms with Crippen LogP contribution in [0.25, 0.3) is 0 Å². The maximum Gasteiger partial charge on any atom is 0.264 e. The van der Waals surface area contributed by atoms with Gasteiger partial charge in [0.15, 0.2) is 0 Å². The number of rotatable bonds is 5. The molecule has 0 aromatic rings. The number of aliphatic hydroxyl groups excluding tert-OH is 1. The number of amides is 1. The topological polar surface area (TPSA) is 118 Å². The van der Waals surface area contributed by atoms with Crippen molar-refractivity contribution in [3.8, 4) is 0 Å². The van der Waals surface area contributed by atoms with Gasteiger partial charge in [-0.1, -0.05) is 0 Å². The van der Waals surface area contributed by atoms with Crippen molar-refractivity contribution in [3.63, 3.8) is 0 Å². The third-order valence-corrected chi connectivity index (χ3v) is 2.42. The van der Waals surface area contributed by atoms with E-state index in [1.54, 1.807) is 0 Å². The Hall–Kier alpha value is -1.08. The van der Waals surface area contributed by atoms with Crippen molar-refractivity contribution >= 4 is 16.0 Å². The molecule has 82 valence electrons. The number of allylic oxidation sites excluding steroid dienone is 1. The van der Waals surface area contributed by atoms with Gasteiger partial charge in [-0.05, 0) is 13.3 Å². The van der Waals surface area contributed by atoms with Gasteiger partial charge in [-0.25, -0.2) is 0 Å². The van der Waals surface area contributed by atoms with E-state index >= 15 is 0 Å². The molecule has 14 heavy (non-hydrogen) atoms. The van der Waals surface area contributed by atoms with Crippen molar-refractivity contribution in [1.82, 2.24) is 0 Å². The smallest absolute Gasteiger partial charge is 0.264 e. The number of aliphatic hydroxyl groups is 1. The summed E-state index contributed by atoms with van der Waals surface area (Å²) in [7, 11) is -4.02. The molecule has 0 aromatic heterocycles. The van der Waals surface area contributed by atoms with Crippen LogP contribution < -0.4 is 5.73 Å². The van der Waals surface area contributed by atoms with Crippen LogP contribution in [0.5, 0.6) is 0 Å². The predicted molar refractivity (Wildman–Crippen MR) is 50.2 cm³/mol. The summed E-state index contributed by atoms with van der Waals surface area (Å²) in [6.07, 6.45) is 0.0316. The lowest BCUT2D eigenvalue weighted by atomic mass is 10.2. The molecule has 0 bridgehead atoms. The van der Waals surface area contributed by atoms with Gasteiger partial charge in [0.25, 0.3) is 10.1 Å². The van der Waals surface area contributed by atoms with Crippen molar-refractivity contribution in [2.45, 2.75) is 19.8 Å². The lowest BCUT2D eigenvalue weighted by Gasteiger charge is -2.02. The first-order valence-corrected chi connectivity index (χ1v) is 5.48. The van der Waals surface area contributed by atoms with Crippen LogP contribution in [0.3, 0.4) is 0 Å². The maximum atomic E-state index is 10.5. The number of nitrogens with two attached hydrogens (primary N) is 1. The van der Waals surface area contributed by atoms with Gasteiger partial charge in [0.2, 0.25) is 5.91 Å². The molecule has 0 heterocycles. The van der Waals surface area contributed by atoms with E-state index in [1.807, 2.05) is 0 Å². The highest BCUT2D eigenvalue weighted by molar-refractivity contribution is 7.85. The molecule has 0 fully saturated rings. The van der Waals surface area contributed by atoms with Crippen LogP contribution in [-0.2, 0) is 14.9 Å². The summed E-state index contributed by atoms with van der Waals surface area (Å²) >= 11 is 0. The fourth-order valence-corrected chi connectivity index (χ4v) is 1.26. The van der Waals surface area contributed by atoms with Crippen molar-refractivity contribution < 1.29 is 22.9 Å². The Bertz CT molecular complexity index is 343. The second kappa shape index (κ2) is 4.97. The Morgan fingerprint density at radius 2 is 1.93 bits per heavy atom. The Balaban J connectivity index is 4.16. The average molecular weight is 223 g/mol.